The van der Waals surface area contributed by atoms with Crippen molar-refractivity contribution in [1.29, 1.82) is 0 Å². The molecule has 0 atom stereocenters. The van der Waals surface area contributed by atoms with Crippen LogP contribution in [-0.2, 0) is 6.42 Å². The molecule has 0 saturated heterocycles. The molecule has 0 aliphatic heterocycles. The van der Waals surface area contributed by atoms with Crippen molar-refractivity contribution in [3.05, 3.63) is 63.5 Å². The highest BCUT2D eigenvalue weighted by Crippen LogP contribution is 2.26. The molecule has 0 aliphatic rings. The molecule has 0 N–H and O–H groups in total. The number of benzene rings is 1. The van der Waals surface area contributed by atoms with Crippen molar-refractivity contribution >= 4 is 28.8 Å². The Balaban J connectivity index is 2.13. The van der Waals surface area contributed by atoms with Crippen LogP contribution >= 0.6 is 23.2 Å². The van der Waals surface area contributed by atoms with E-state index in [0.29, 0.717) is 22.4 Å². The molecule has 3 rings (SSSR count). The largest absolute Gasteiger partial charge is 0.216 e. The van der Waals surface area contributed by atoms with Gasteiger partial charge < -0.3 is 0 Å². The zero-order chi connectivity index (χ0) is 13.4. The van der Waals surface area contributed by atoms with E-state index in [4.69, 9.17) is 23.2 Å². The third-order valence-corrected chi connectivity index (χ3v) is 3.63. The van der Waals surface area contributed by atoms with Crippen molar-refractivity contribution in [2.75, 3.05) is 0 Å². The van der Waals surface area contributed by atoms with Crippen LogP contribution in [0.25, 0.3) is 5.65 Å². The van der Waals surface area contributed by atoms with Gasteiger partial charge in [-0.05, 0) is 12.5 Å². The van der Waals surface area contributed by atoms with Crippen molar-refractivity contribution in [2.45, 2.75) is 13.3 Å². The Hall–Kier alpha value is -1.58. The number of aromatic nitrogens is 3. The number of hydrogen-bond acceptors (Lipinski definition) is 2. The molecule has 0 fully saturated rings. The fourth-order valence-corrected chi connectivity index (χ4v) is 2.61. The van der Waals surface area contributed by atoms with Gasteiger partial charge in [0.25, 0.3) is 0 Å². The monoisotopic (exact) mass is 291 g/mol. The first kappa shape index (κ1) is 12.5. The molecule has 2 aromatic heterocycles. The normalized spacial score (nSPS) is 11.1. The van der Waals surface area contributed by atoms with Gasteiger partial charge in [-0.15, -0.1) is 0 Å². The highest BCUT2D eigenvalue weighted by atomic mass is 35.5. The maximum Gasteiger partial charge on any atom is 0.158 e. The molecule has 96 valence electrons. The molecule has 0 unspecified atom stereocenters. The summed E-state index contributed by atoms with van der Waals surface area (Å²) in [5.41, 5.74) is 3.47. The average Bonchev–Trinajstić information content (AvgIpc) is 2.76. The molecule has 3 nitrogen and oxygen atoms in total. The van der Waals surface area contributed by atoms with Crippen molar-refractivity contribution < 1.29 is 0 Å². The molecule has 0 bridgehead atoms. The number of fused-ring (bicyclic) bond motifs is 1. The zero-order valence-electron chi connectivity index (χ0n) is 10.3. The first-order chi connectivity index (χ1) is 9.15. The number of aryl methyl sites for hydroxylation is 1. The molecular formula is C14H11Cl2N3. The Morgan fingerprint density at radius 2 is 1.89 bits per heavy atom. The maximum atomic E-state index is 6.39. The molecule has 3 aromatic rings. The minimum Gasteiger partial charge on any atom is -0.216 e. The smallest absolute Gasteiger partial charge is 0.158 e. The fourth-order valence-electron chi connectivity index (χ4n) is 2.04. The van der Waals surface area contributed by atoms with Gasteiger partial charge in [0.2, 0.25) is 0 Å². The van der Waals surface area contributed by atoms with E-state index >= 15 is 0 Å². The molecule has 1 aromatic carbocycles. The molecular weight excluding hydrogens is 281 g/mol. The Morgan fingerprint density at radius 1 is 1.16 bits per heavy atom. The van der Waals surface area contributed by atoms with Crippen LogP contribution in [0.4, 0.5) is 0 Å². The van der Waals surface area contributed by atoms with E-state index < -0.39 is 0 Å². The minimum atomic E-state index is 0.432. The van der Waals surface area contributed by atoms with Gasteiger partial charge in [0.1, 0.15) is 10.3 Å². The summed E-state index contributed by atoms with van der Waals surface area (Å²) in [4.78, 5) is 4.33. The molecule has 0 saturated carbocycles. The Labute approximate surface area is 120 Å². The number of hydrogen-bond donors (Lipinski definition) is 0. The summed E-state index contributed by atoms with van der Waals surface area (Å²) in [6.07, 6.45) is 0.639. The summed E-state index contributed by atoms with van der Waals surface area (Å²) in [6, 6.07) is 11.9. The summed E-state index contributed by atoms with van der Waals surface area (Å²) >= 11 is 12.6. The van der Waals surface area contributed by atoms with E-state index in [2.05, 4.69) is 10.1 Å². The van der Waals surface area contributed by atoms with Crippen LogP contribution in [0, 0.1) is 6.92 Å². The first-order valence-corrected chi connectivity index (χ1v) is 6.65. The molecule has 19 heavy (non-hydrogen) atoms. The Kier molecular flexibility index (Phi) is 3.17. The van der Waals surface area contributed by atoms with Gasteiger partial charge in [0.15, 0.2) is 5.65 Å². The van der Waals surface area contributed by atoms with E-state index in [9.17, 15) is 0 Å². The average molecular weight is 292 g/mol. The number of halogens is 2. The summed E-state index contributed by atoms with van der Waals surface area (Å²) in [5, 5.41) is 5.27. The highest BCUT2D eigenvalue weighted by molar-refractivity contribution is 6.34. The number of rotatable bonds is 2. The van der Waals surface area contributed by atoms with E-state index in [1.165, 1.54) is 0 Å². The van der Waals surface area contributed by atoms with Crippen LogP contribution in [0.3, 0.4) is 0 Å². The van der Waals surface area contributed by atoms with Crippen molar-refractivity contribution in [3.8, 4) is 0 Å². The van der Waals surface area contributed by atoms with Gasteiger partial charge in [-0.3, -0.25) is 0 Å². The molecule has 0 spiro atoms. The first-order valence-electron chi connectivity index (χ1n) is 5.89. The summed E-state index contributed by atoms with van der Waals surface area (Å²) in [6.45, 7) is 1.90. The van der Waals surface area contributed by atoms with Crippen LogP contribution in [0.1, 0.15) is 16.8 Å². The zero-order valence-corrected chi connectivity index (χ0v) is 11.8. The predicted octanol–water partition coefficient (Wildman–Crippen LogP) is 3.94. The molecule has 0 aliphatic carbocycles. The maximum absolute atomic E-state index is 6.39. The van der Waals surface area contributed by atoms with E-state index in [1.807, 2.05) is 43.3 Å². The third-order valence-electron chi connectivity index (χ3n) is 2.93. The second kappa shape index (κ2) is 4.83. The minimum absolute atomic E-state index is 0.432. The van der Waals surface area contributed by atoms with Crippen molar-refractivity contribution in [2.24, 2.45) is 0 Å². The second-order valence-electron chi connectivity index (χ2n) is 4.39. The quantitative estimate of drug-likeness (QED) is 0.670. The lowest BCUT2D eigenvalue weighted by Crippen LogP contribution is -2.01. The van der Waals surface area contributed by atoms with Gasteiger partial charge in [0.05, 0.1) is 5.69 Å². The van der Waals surface area contributed by atoms with E-state index in [-0.39, 0.29) is 0 Å². The lowest BCUT2D eigenvalue weighted by Gasteiger charge is -2.08. The molecule has 5 heteroatoms. The summed E-state index contributed by atoms with van der Waals surface area (Å²) in [5.74, 6) is 0. The van der Waals surface area contributed by atoms with E-state index in [1.54, 1.807) is 4.52 Å². The third kappa shape index (κ3) is 2.31. The standard InChI is InChI=1S/C14H11Cl2N3/c1-9-7-12-17-13(15)11(14(16)19(12)18-9)8-10-5-3-2-4-6-10/h2-7H,8H2,1H3. The lowest BCUT2D eigenvalue weighted by molar-refractivity contribution is 0.899. The fraction of sp³-hybridized carbons (Fsp3) is 0.143. The highest BCUT2D eigenvalue weighted by Gasteiger charge is 2.14. The topological polar surface area (TPSA) is 30.2 Å². The molecule has 0 radical (unpaired) electrons. The van der Waals surface area contributed by atoms with Crippen LogP contribution < -0.4 is 0 Å². The van der Waals surface area contributed by atoms with Gasteiger partial charge in [0, 0.05) is 18.1 Å². The van der Waals surface area contributed by atoms with E-state index in [0.717, 1.165) is 16.8 Å². The van der Waals surface area contributed by atoms with Gasteiger partial charge in [-0.2, -0.15) is 5.10 Å². The van der Waals surface area contributed by atoms with Crippen LogP contribution in [0.5, 0.6) is 0 Å². The summed E-state index contributed by atoms with van der Waals surface area (Å²) < 4.78 is 1.63. The Bertz CT molecular complexity index is 735. The predicted molar refractivity (Wildman–Crippen MR) is 77.0 cm³/mol. The van der Waals surface area contributed by atoms with Crippen LogP contribution in [0.2, 0.25) is 10.3 Å². The van der Waals surface area contributed by atoms with Gasteiger partial charge in [-0.25, -0.2) is 9.50 Å². The second-order valence-corrected chi connectivity index (χ2v) is 5.11. The summed E-state index contributed by atoms with van der Waals surface area (Å²) in [7, 11) is 0. The van der Waals surface area contributed by atoms with Crippen LogP contribution in [-0.4, -0.2) is 14.6 Å². The SMILES string of the molecule is Cc1cc2nc(Cl)c(Cc3ccccc3)c(Cl)n2n1. The lowest BCUT2D eigenvalue weighted by atomic mass is 10.1. The van der Waals surface area contributed by atoms with Crippen molar-refractivity contribution in [1.82, 2.24) is 14.6 Å². The molecule has 2 heterocycles. The van der Waals surface area contributed by atoms with Crippen molar-refractivity contribution in [3.63, 3.8) is 0 Å². The number of nitrogens with zero attached hydrogens (tertiary/aromatic N) is 3. The Morgan fingerprint density at radius 3 is 2.63 bits per heavy atom. The van der Waals surface area contributed by atoms with Gasteiger partial charge >= 0.3 is 0 Å². The van der Waals surface area contributed by atoms with Crippen LogP contribution in [0.15, 0.2) is 36.4 Å². The molecule has 0 amide bonds. The van der Waals surface area contributed by atoms with Gasteiger partial charge in [-0.1, -0.05) is 53.5 Å².